The fourth-order valence-electron chi connectivity index (χ4n) is 3.63. The van der Waals surface area contributed by atoms with Gasteiger partial charge in [0.25, 0.3) is 11.8 Å². The van der Waals surface area contributed by atoms with Crippen molar-refractivity contribution in [2.45, 2.75) is 30.7 Å². The molecule has 4 rings (SSSR count). The Bertz CT molecular complexity index is 1230. The normalized spacial score (nSPS) is 17.9. The number of nitrogens with one attached hydrogen (secondary N) is 1. The van der Waals surface area contributed by atoms with E-state index in [1.807, 2.05) is 0 Å². The largest absolute Gasteiger partial charge is 0.419 e. The second-order valence-electron chi connectivity index (χ2n) is 7.75. The Hall–Kier alpha value is -3.85. The molecule has 1 aliphatic heterocycles. The van der Waals surface area contributed by atoms with E-state index in [1.165, 1.54) is 12.4 Å². The lowest BCUT2D eigenvalue weighted by molar-refractivity contribution is -0.138. The van der Waals surface area contributed by atoms with Crippen molar-refractivity contribution in [2.24, 2.45) is 0 Å². The third-order valence-electron chi connectivity index (χ3n) is 5.43. The summed E-state index contributed by atoms with van der Waals surface area (Å²) in [6.45, 7) is -1.17. The molecule has 0 spiro atoms. The smallest absolute Gasteiger partial charge is 0.352 e. The van der Waals surface area contributed by atoms with Gasteiger partial charge in [0.1, 0.15) is 6.04 Å². The zero-order valence-corrected chi connectivity index (χ0v) is 17.9. The molecule has 1 aliphatic rings. The van der Waals surface area contributed by atoms with E-state index in [2.05, 4.69) is 25.5 Å². The summed E-state index contributed by atoms with van der Waals surface area (Å²) in [7, 11) is 0. The van der Waals surface area contributed by atoms with Gasteiger partial charge in [-0.3, -0.25) is 4.79 Å². The number of benzene rings is 1. The second kappa shape index (κ2) is 8.98. The molecule has 16 heteroatoms. The number of likely N-dealkylation sites (tertiary alicyclic amines) is 1. The van der Waals surface area contributed by atoms with Crippen LogP contribution in [0.5, 0.6) is 0 Å². The van der Waals surface area contributed by atoms with E-state index < -0.39 is 72.4 Å². The summed E-state index contributed by atoms with van der Waals surface area (Å²) in [5.74, 6) is -5.00. The van der Waals surface area contributed by atoms with Gasteiger partial charge in [0.2, 0.25) is 5.95 Å². The van der Waals surface area contributed by atoms with Gasteiger partial charge < -0.3 is 10.2 Å². The molecule has 2 aromatic heterocycles. The van der Waals surface area contributed by atoms with E-state index in [9.17, 15) is 39.9 Å². The maximum Gasteiger partial charge on any atom is 0.419 e. The number of alkyl halides is 8. The van der Waals surface area contributed by atoms with Crippen LogP contribution in [0.25, 0.3) is 5.69 Å². The molecule has 3 heterocycles. The van der Waals surface area contributed by atoms with Gasteiger partial charge in [-0.2, -0.15) is 41.3 Å². The van der Waals surface area contributed by atoms with Gasteiger partial charge >= 0.3 is 12.4 Å². The number of hydrogen-bond acceptors (Lipinski definition) is 6. The molecule has 0 radical (unpaired) electrons. The summed E-state index contributed by atoms with van der Waals surface area (Å²) in [6.07, 6.45) is -6.96. The number of amides is 1. The molecule has 0 saturated carbocycles. The Morgan fingerprint density at radius 3 is 2.19 bits per heavy atom. The minimum absolute atomic E-state index is 0.161. The quantitative estimate of drug-likeness (QED) is 0.510. The summed E-state index contributed by atoms with van der Waals surface area (Å²) in [5.41, 5.74) is -3.05. The maximum absolute atomic E-state index is 14.7. The Morgan fingerprint density at radius 2 is 1.61 bits per heavy atom. The molecule has 0 aliphatic carbocycles. The highest BCUT2D eigenvalue weighted by atomic mass is 19.4. The van der Waals surface area contributed by atoms with E-state index in [0.29, 0.717) is 29.4 Å². The molecule has 0 unspecified atom stereocenters. The average Bonchev–Trinajstić information content (AvgIpc) is 3.43. The van der Waals surface area contributed by atoms with Gasteiger partial charge in [-0.1, -0.05) is 0 Å². The lowest BCUT2D eigenvalue weighted by atomic mass is 10.1. The van der Waals surface area contributed by atoms with Gasteiger partial charge in [-0.15, -0.1) is 0 Å². The number of anilines is 1. The summed E-state index contributed by atoms with van der Waals surface area (Å²) in [4.78, 5) is 21.7. The lowest BCUT2D eigenvalue weighted by Crippen LogP contribution is -2.47. The second-order valence-corrected chi connectivity index (χ2v) is 7.75. The first-order chi connectivity index (χ1) is 16.8. The third-order valence-corrected chi connectivity index (χ3v) is 5.43. The van der Waals surface area contributed by atoms with Crippen LogP contribution in [0.2, 0.25) is 0 Å². The van der Waals surface area contributed by atoms with Crippen molar-refractivity contribution in [3.63, 3.8) is 0 Å². The van der Waals surface area contributed by atoms with Gasteiger partial charge in [0, 0.05) is 31.9 Å². The van der Waals surface area contributed by atoms with Crippen LogP contribution in [-0.2, 0) is 12.4 Å². The highest BCUT2D eigenvalue weighted by molar-refractivity contribution is 5.98. The van der Waals surface area contributed by atoms with Gasteiger partial charge in [0.05, 0.1) is 34.8 Å². The minimum Gasteiger partial charge on any atom is -0.352 e. The van der Waals surface area contributed by atoms with Crippen LogP contribution in [0, 0.1) is 0 Å². The van der Waals surface area contributed by atoms with Crippen molar-refractivity contribution in [3.8, 4) is 5.69 Å². The number of nitrogens with zero attached hydrogens (tertiary/aromatic N) is 6. The molecule has 192 valence electrons. The van der Waals surface area contributed by atoms with Gasteiger partial charge in [0.15, 0.2) is 0 Å². The number of hydrogen-bond donors (Lipinski definition) is 1. The number of aromatic nitrogens is 5. The Balaban J connectivity index is 1.62. The van der Waals surface area contributed by atoms with Crippen LogP contribution in [0.15, 0.2) is 43.0 Å². The molecule has 0 bridgehead atoms. The van der Waals surface area contributed by atoms with Gasteiger partial charge in [-0.05, 0) is 18.2 Å². The topological polar surface area (TPSA) is 88.8 Å². The van der Waals surface area contributed by atoms with Crippen LogP contribution >= 0.6 is 0 Å². The van der Waals surface area contributed by atoms with Crippen LogP contribution in [-0.4, -0.2) is 60.8 Å². The standard InChI is InChI=1S/C20H15F8N7O/c21-18(22)3-6-34(15(18)10-31-17-29-8-12(9-30-17)20(26,27)28)16(36)13-7-11(19(23,24)25)1-2-14(13)35-32-4-5-33-35/h1-2,4-5,7-9,15H,3,6,10H2,(H,29,30,31)/t15-/m1/s1. The molecule has 3 aromatic rings. The molecule has 1 atom stereocenters. The summed E-state index contributed by atoms with van der Waals surface area (Å²) < 4.78 is 107. The highest BCUT2D eigenvalue weighted by Crippen LogP contribution is 2.37. The van der Waals surface area contributed by atoms with Crippen LogP contribution < -0.4 is 5.32 Å². The summed E-state index contributed by atoms with van der Waals surface area (Å²) in [6, 6.07) is 0.327. The molecular weight excluding hydrogens is 506 g/mol. The van der Waals surface area contributed by atoms with Gasteiger partial charge in [-0.25, -0.2) is 18.7 Å². The first kappa shape index (κ1) is 25.2. The van der Waals surface area contributed by atoms with Crippen molar-refractivity contribution >= 4 is 11.9 Å². The van der Waals surface area contributed by atoms with Crippen molar-refractivity contribution in [1.82, 2.24) is 29.9 Å². The predicted octanol–water partition coefficient (Wildman–Crippen LogP) is 4.06. The fraction of sp³-hybridized carbons (Fsp3) is 0.350. The van der Waals surface area contributed by atoms with E-state index in [-0.39, 0.29) is 5.69 Å². The highest BCUT2D eigenvalue weighted by Gasteiger charge is 2.51. The molecule has 1 amide bonds. The Morgan fingerprint density at radius 1 is 1.00 bits per heavy atom. The fourth-order valence-corrected chi connectivity index (χ4v) is 3.63. The summed E-state index contributed by atoms with van der Waals surface area (Å²) in [5, 5.41) is 9.95. The number of halogens is 8. The van der Waals surface area contributed by atoms with E-state index in [4.69, 9.17) is 0 Å². The SMILES string of the molecule is O=C(c1cc(C(F)(F)F)ccc1-n1nccn1)N1CCC(F)(F)[C@H]1CNc1ncc(C(F)(F)F)cn1. The maximum atomic E-state index is 14.7. The molecule has 1 fully saturated rings. The van der Waals surface area contributed by atoms with Crippen molar-refractivity contribution in [2.75, 3.05) is 18.4 Å². The molecule has 36 heavy (non-hydrogen) atoms. The first-order valence-corrected chi connectivity index (χ1v) is 10.2. The van der Waals surface area contributed by atoms with E-state index in [1.54, 1.807) is 0 Å². The molecule has 1 N–H and O–H groups in total. The van der Waals surface area contributed by atoms with Crippen molar-refractivity contribution in [3.05, 3.63) is 59.7 Å². The first-order valence-electron chi connectivity index (χ1n) is 10.2. The van der Waals surface area contributed by atoms with Crippen molar-refractivity contribution in [1.29, 1.82) is 0 Å². The minimum atomic E-state index is -4.82. The van der Waals surface area contributed by atoms with E-state index in [0.717, 1.165) is 10.9 Å². The lowest BCUT2D eigenvalue weighted by Gasteiger charge is -2.28. The number of carbonyl (C=O) groups excluding carboxylic acids is 1. The molecule has 8 nitrogen and oxygen atoms in total. The van der Waals surface area contributed by atoms with Crippen LogP contribution in [0.4, 0.5) is 41.1 Å². The molecule has 1 saturated heterocycles. The zero-order chi connectivity index (χ0) is 26.3. The third kappa shape index (κ3) is 5.06. The molecule has 1 aromatic carbocycles. The number of rotatable bonds is 5. The average molecular weight is 521 g/mol. The van der Waals surface area contributed by atoms with Crippen molar-refractivity contribution < 1.29 is 39.9 Å². The monoisotopic (exact) mass is 521 g/mol. The number of carbonyl (C=O) groups is 1. The predicted molar refractivity (Wildman–Crippen MR) is 106 cm³/mol. The van der Waals surface area contributed by atoms with Crippen LogP contribution in [0.3, 0.4) is 0 Å². The summed E-state index contributed by atoms with van der Waals surface area (Å²) >= 11 is 0. The Kier molecular flexibility index (Phi) is 6.30. The zero-order valence-electron chi connectivity index (χ0n) is 17.9. The molecular formula is C20H15F8N7O. The Labute approximate surface area is 196 Å². The van der Waals surface area contributed by atoms with E-state index >= 15 is 0 Å². The van der Waals surface area contributed by atoms with Crippen LogP contribution in [0.1, 0.15) is 27.9 Å².